The third-order valence-corrected chi connectivity index (χ3v) is 6.17. The molecule has 34 heavy (non-hydrogen) atoms. The maximum absolute atomic E-state index is 11.6. The maximum Gasteiger partial charge on any atom is 0.468 e. The van der Waals surface area contributed by atoms with Crippen LogP contribution in [-0.2, 0) is 11.3 Å². The first-order valence-electron chi connectivity index (χ1n) is 11.0. The Bertz CT molecular complexity index is 1400. The van der Waals surface area contributed by atoms with Crippen LogP contribution in [0.2, 0.25) is 0 Å². The van der Waals surface area contributed by atoms with Crippen LogP contribution in [0.5, 0.6) is 11.5 Å². The van der Waals surface area contributed by atoms with E-state index < -0.39 is 11.5 Å². The molecule has 4 aromatic rings. The third-order valence-electron chi connectivity index (χ3n) is 6.17. The fraction of sp³-hybridized carbons (Fsp3) is 0.0385. The molecule has 0 radical (unpaired) electrons. The topological polar surface area (TPSA) is 73.8 Å². The fourth-order valence-corrected chi connectivity index (χ4v) is 4.53. The molecule has 0 amide bonds. The molecule has 2 aliphatic heterocycles. The van der Waals surface area contributed by atoms with E-state index in [0.29, 0.717) is 29.5 Å². The number of nitro benzene ring substituents is 1. The maximum atomic E-state index is 11.6. The van der Waals surface area contributed by atoms with E-state index in [1.54, 1.807) is 10.8 Å². The Morgan fingerprint density at radius 1 is 0.794 bits per heavy atom. The van der Waals surface area contributed by atoms with Gasteiger partial charge in [-0.2, -0.15) is 0 Å². The Hall–Kier alpha value is -4.59. The molecule has 0 aliphatic carbocycles. The van der Waals surface area contributed by atoms with Gasteiger partial charge in [-0.15, -0.1) is 10.9 Å². The highest BCUT2D eigenvalue weighted by Crippen LogP contribution is 2.34. The van der Waals surface area contributed by atoms with Crippen LogP contribution in [0.3, 0.4) is 0 Å². The molecule has 4 aromatic carbocycles. The number of para-hydroxylation sites is 1. The number of nitro groups is 1. The molecule has 166 valence electrons. The fourth-order valence-electron chi connectivity index (χ4n) is 4.53. The molecular weight excluding hydrogens is 431 g/mol. The zero-order chi connectivity index (χ0) is 23.1. The zero-order valence-electron chi connectivity index (χ0n) is 18.0. The number of hydroxylamine groups is 1. The molecule has 8 heteroatoms. The Morgan fingerprint density at radius 2 is 1.44 bits per heavy atom. The summed E-state index contributed by atoms with van der Waals surface area (Å²) >= 11 is 0. The Labute approximate surface area is 195 Å². The molecule has 0 atom stereocenters. The quantitative estimate of drug-likeness (QED) is 0.207. The number of rotatable bonds is 3. The second kappa shape index (κ2) is 7.77. The zero-order valence-corrected chi connectivity index (χ0v) is 18.0. The smallest absolute Gasteiger partial charge is 0.468 e. The van der Waals surface area contributed by atoms with Crippen LogP contribution in [0.15, 0.2) is 103 Å². The molecule has 2 heterocycles. The molecule has 0 saturated heterocycles. The van der Waals surface area contributed by atoms with Crippen LogP contribution in [0.25, 0.3) is 0 Å². The third kappa shape index (κ3) is 3.19. The summed E-state index contributed by atoms with van der Waals surface area (Å²) < 4.78 is 21.4. The summed E-state index contributed by atoms with van der Waals surface area (Å²) in [5.74, 6) is 1.47. The van der Waals surface area contributed by atoms with Crippen molar-refractivity contribution in [3.8, 4) is 11.5 Å². The number of hydrogen-bond donors (Lipinski definition) is 0. The first kappa shape index (κ1) is 20.1. The van der Waals surface area contributed by atoms with Gasteiger partial charge < -0.3 is 14.1 Å². The largest absolute Gasteiger partial charge is 0.672 e. The predicted molar refractivity (Wildman–Crippen MR) is 128 cm³/mol. The summed E-state index contributed by atoms with van der Waals surface area (Å²) in [6.45, 7) is -1.87. The number of non-ortho nitro benzene ring substituents is 1. The Kier molecular flexibility index (Phi) is 4.58. The van der Waals surface area contributed by atoms with Gasteiger partial charge in [-0.3, -0.25) is 10.1 Å². The van der Waals surface area contributed by atoms with Gasteiger partial charge in [0.05, 0.1) is 16.2 Å². The Balaban J connectivity index is 1.63. The van der Waals surface area contributed by atoms with Crippen molar-refractivity contribution in [2.45, 2.75) is 6.54 Å². The lowest BCUT2D eigenvalue weighted by atomic mass is 9.46. The lowest BCUT2D eigenvalue weighted by molar-refractivity contribution is -0.771. The minimum Gasteiger partial charge on any atom is -0.672 e. The van der Waals surface area contributed by atoms with E-state index in [9.17, 15) is 10.1 Å². The van der Waals surface area contributed by atoms with Gasteiger partial charge in [-0.1, -0.05) is 72.8 Å². The first-order chi connectivity index (χ1) is 16.6. The van der Waals surface area contributed by atoms with Crippen LogP contribution in [-0.4, -0.2) is 22.1 Å². The van der Waals surface area contributed by atoms with Gasteiger partial charge in [0.1, 0.15) is 11.3 Å². The molecule has 0 fully saturated rings. The van der Waals surface area contributed by atoms with Crippen molar-refractivity contribution < 1.29 is 23.8 Å². The standard InChI is InChI=1S/C26H19BN2O5/c30-29(31)22-15-16-25-23(17-22)26-28(18-19-9-7-8-14-24(19)32-26)34-27(33-25,20-10-3-1-4-11-20)21-12-5-2-6-13-21/h1-17H,18H2. The Morgan fingerprint density at radius 3 is 2.12 bits per heavy atom. The van der Waals surface area contributed by atoms with Gasteiger partial charge in [0.25, 0.3) is 5.69 Å². The van der Waals surface area contributed by atoms with Gasteiger partial charge in [0, 0.05) is 12.1 Å². The SMILES string of the molecule is O=[N+]([O-])c1ccc2c(c1)C1=[N+](Cc3ccccc3O1)O[B-](c1ccccc1)(c1ccccc1)O2. The second-order valence-electron chi connectivity index (χ2n) is 8.25. The van der Waals surface area contributed by atoms with Gasteiger partial charge in [-0.05, 0) is 22.9 Å². The molecule has 0 spiro atoms. The first-order valence-corrected chi connectivity index (χ1v) is 11.0. The molecule has 0 N–H and O–H groups in total. The van der Waals surface area contributed by atoms with Crippen molar-refractivity contribution in [2.75, 3.05) is 0 Å². The van der Waals surface area contributed by atoms with E-state index in [2.05, 4.69) is 0 Å². The van der Waals surface area contributed by atoms with Crippen LogP contribution in [0, 0.1) is 10.1 Å². The lowest BCUT2D eigenvalue weighted by Crippen LogP contribution is -2.67. The molecule has 6 rings (SSSR count). The molecule has 0 aromatic heterocycles. The molecule has 0 unspecified atom stereocenters. The normalized spacial score (nSPS) is 15.4. The second-order valence-corrected chi connectivity index (χ2v) is 8.25. The summed E-state index contributed by atoms with van der Waals surface area (Å²) in [6, 6.07) is 31.6. The highest BCUT2D eigenvalue weighted by Gasteiger charge is 2.47. The average molecular weight is 450 g/mol. The van der Waals surface area contributed by atoms with E-state index in [1.165, 1.54) is 12.1 Å². The van der Waals surface area contributed by atoms with Gasteiger partial charge in [0.2, 0.25) is 6.54 Å². The van der Waals surface area contributed by atoms with Crippen molar-refractivity contribution in [1.29, 1.82) is 0 Å². The van der Waals surface area contributed by atoms with E-state index in [-0.39, 0.29) is 5.69 Å². The van der Waals surface area contributed by atoms with Crippen molar-refractivity contribution in [1.82, 2.24) is 0 Å². The van der Waals surface area contributed by atoms with Crippen molar-refractivity contribution >= 4 is 29.1 Å². The molecule has 2 aliphatic rings. The van der Waals surface area contributed by atoms with Gasteiger partial charge >= 0.3 is 12.4 Å². The highest BCUT2D eigenvalue weighted by molar-refractivity contribution is 6.93. The number of hydrogen-bond acceptors (Lipinski definition) is 5. The monoisotopic (exact) mass is 450 g/mol. The summed E-state index contributed by atoms with van der Waals surface area (Å²) in [4.78, 5) is 11.1. The lowest BCUT2D eigenvalue weighted by Gasteiger charge is -2.38. The van der Waals surface area contributed by atoms with Crippen molar-refractivity contribution in [3.05, 3.63) is 124 Å². The number of ether oxygens (including phenoxy) is 1. The highest BCUT2D eigenvalue weighted by atomic mass is 16.7. The van der Waals surface area contributed by atoms with E-state index in [4.69, 9.17) is 14.1 Å². The molecule has 0 bridgehead atoms. The van der Waals surface area contributed by atoms with Crippen molar-refractivity contribution in [3.63, 3.8) is 0 Å². The summed E-state index contributed by atoms with van der Waals surface area (Å²) in [5, 5.41) is 11.6. The van der Waals surface area contributed by atoms with Crippen LogP contribution in [0.1, 0.15) is 11.1 Å². The number of nitrogens with zero attached hydrogens (tertiary/aromatic N) is 2. The van der Waals surface area contributed by atoms with Crippen LogP contribution in [0.4, 0.5) is 5.69 Å². The van der Waals surface area contributed by atoms with Crippen molar-refractivity contribution in [2.24, 2.45) is 0 Å². The van der Waals surface area contributed by atoms with Crippen LogP contribution >= 0.6 is 0 Å². The predicted octanol–water partition coefficient (Wildman–Crippen LogP) is 3.53. The van der Waals surface area contributed by atoms with E-state index >= 15 is 0 Å². The van der Waals surface area contributed by atoms with E-state index in [1.807, 2.05) is 84.9 Å². The summed E-state index contributed by atoms with van der Waals surface area (Å²) in [5.41, 5.74) is 3.00. The minimum absolute atomic E-state index is 0.0586. The molecular formula is C26H19BN2O5. The van der Waals surface area contributed by atoms with Gasteiger partial charge in [0.15, 0.2) is 0 Å². The van der Waals surface area contributed by atoms with E-state index in [0.717, 1.165) is 16.5 Å². The average Bonchev–Trinajstić information content (AvgIpc) is 3.03. The molecule has 0 saturated carbocycles. The molecule has 7 nitrogen and oxygen atoms in total. The van der Waals surface area contributed by atoms with Crippen LogP contribution < -0.4 is 20.3 Å². The number of fused-ring (bicyclic) bond motifs is 3. The summed E-state index contributed by atoms with van der Waals surface area (Å²) in [6.07, 6.45) is 0. The minimum atomic E-state index is -2.26. The number of benzene rings is 4. The van der Waals surface area contributed by atoms with Gasteiger partial charge in [-0.25, -0.2) is 0 Å². The summed E-state index contributed by atoms with van der Waals surface area (Å²) in [7, 11) is 0.